The van der Waals surface area contributed by atoms with Crippen LogP contribution in [-0.4, -0.2) is 54.6 Å². The summed E-state index contributed by atoms with van der Waals surface area (Å²) < 4.78 is 24.6. The molecule has 1 saturated heterocycles. The molecule has 10 heteroatoms. The number of halogens is 1. The zero-order valence-corrected chi connectivity index (χ0v) is 19.8. The number of cyclic esters (lactones) is 1. The van der Waals surface area contributed by atoms with Gasteiger partial charge >= 0.3 is 6.09 Å². The van der Waals surface area contributed by atoms with E-state index in [1.807, 2.05) is 0 Å². The van der Waals surface area contributed by atoms with E-state index in [9.17, 15) is 14.3 Å². The van der Waals surface area contributed by atoms with Gasteiger partial charge < -0.3 is 25.6 Å². The van der Waals surface area contributed by atoms with Gasteiger partial charge in [0.15, 0.2) is 11.6 Å². The predicted molar refractivity (Wildman–Crippen MR) is 97.4 cm³/mol. The van der Waals surface area contributed by atoms with Crippen molar-refractivity contribution in [1.82, 2.24) is 4.98 Å². The van der Waals surface area contributed by atoms with Gasteiger partial charge in [0.2, 0.25) is 0 Å². The second-order valence-electron chi connectivity index (χ2n) is 6.02. The third-order valence-electron chi connectivity index (χ3n) is 3.98. The SMILES string of the molecule is [Ac].[NH-]C[C@H]1CN(c2ccc(OCC(O)CNc3ccncc3)c(F)c2)C(=O)O1. The topological polar surface area (TPSA) is 108 Å². The summed E-state index contributed by atoms with van der Waals surface area (Å²) in [5.74, 6) is -0.671. The molecule has 1 unspecified atom stereocenters. The first kappa shape index (κ1) is 22.8. The number of aromatic nitrogens is 1. The van der Waals surface area contributed by atoms with E-state index >= 15 is 0 Å². The molecule has 2 atom stereocenters. The van der Waals surface area contributed by atoms with Gasteiger partial charge in [0.25, 0.3) is 0 Å². The van der Waals surface area contributed by atoms with Gasteiger partial charge in [-0.05, 0) is 24.3 Å². The number of aliphatic hydroxyl groups excluding tert-OH is 1. The minimum Gasteiger partial charge on any atom is -0.674 e. The quantitative estimate of drug-likeness (QED) is 0.481. The van der Waals surface area contributed by atoms with Crippen LogP contribution in [0.3, 0.4) is 0 Å². The van der Waals surface area contributed by atoms with Crippen molar-refractivity contribution >= 4 is 17.5 Å². The Morgan fingerprint density at radius 2 is 2.14 bits per heavy atom. The van der Waals surface area contributed by atoms with Crippen molar-refractivity contribution in [2.45, 2.75) is 12.2 Å². The van der Waals surface area contributed by atoms with Crippen molar-refractivity contribution in [3.05, 3.63) is 54.3 Å². The van der Waals surface area contributed by atoms with Crippen molar-refractivity contribution in [2.75, 3.05) is 36.5 Å². The van der Waals surface area contributed by atoms with E-state index in [0.29, 0.717) is 5.69 Å². The summed E-state index contributed by atoms with van der Waals surface area (Å²) in [6.45, 7) is 0.303. The fourth-order valence-electron chi connectivity index (χ4n) is 2.56. The number of aliphatic hydroxyl groups is 1. The van der Waals surface area contributed by atoms with Gasteiger partial charge in [0.1, 0.15) is 18.8 Å². The molecule has 1 amide bonds. The molecule has 1 aromatic heterocycles. The van der Waals surface area contributed by atoms with Gasteiger partial charge in [0.05, 0.1) is 12.2 Å². The molecule has 147 valence electrons. The van der Waals surface area contributed by atoms with Gasteiger partial charge in [-0.2, -0.15) is 0 Å². The molecular weight excluding hydrogens is 582 g/mol. The number of carbonyl (C=O) groups is 1. The maximum absolute atomic E-state index is 14.3. The maximum atomic E-state index is 14.3. The maximum Gasteiger partial charge on any atom is 0.414 e. The van der Waals surface area contributed by atoms with Gasteiger partial charge in [-0.1, -0.05) is 0 Å². The molecule has 1 aliphatic heterocycles. The van der Waals surface area contributed by atoms with E-state index in [1.54, 1.807) is 24.5 Å². The molecule has 0 spiro atoms. The Hall–Kier alpha value is -1.47. The fourth-order valence-corrected chi connectivity index (χ4v) is 2.56. The van der Waals surface area contributed by atoms with Crippen molar-refractivity contribution in [3.63, 3.8) is 0 Å². The van der Waals surface area contributed by atoms with Gasteiger partial charge in [-0.15, -0.1) is 6.54 Å². The molecule has 2 heterocycles. The molecule has 8 nitrogen and oxygen atoms in total. The van der Waals surface area contributed by atoms with Crippen LogP contribution in [0, 0.1) is 49.9 Å². The first-order valence-corrected chi connectivity index (χ1v) is 8.44. The second-order valence-corrected chi connectivity index (χ2v) is 6.02. The fraction of sp³-hybridized carbons (Fsp3) is 0.333. The second kappa shape index (κ2) is 10.9. The smallest absolute Gasteiger partial charge is 0.414 e. The summed E-state index contributed by atoms with van der Waals surface area (Å²) >= 11 is 0. The molecule has 0 aliphatic carbocycles. The zero-order chi connectivity index (χ0) is 19.2. The van der Waals surface area contributed by atoms with E-state index < -0.39 is 24.1 Å². The first-order chi connectivity index (χ1) is 13.1. The number of amides is 1. The summed E-state index contributed by atoms with van der Waals surface area (Å²) in [5.41, 5.74) is 8.42. The predicted octanol–water partition coefficient (Wildman–Crippen LogP) is 2.45. The van der Waals surface area contributed by atoms with Crippen molar-refractivity contribution < 1.29 is 67.8 Å². The van der Waals surface area contributed by atoms with E-state index in [2.05, 4.69) is 10.3 Å². The molecule has 3 rings (SSSR count). The Morgan fingerprint density at radius 1 is 1.39 bits per heavy atom. The monoisotopic (exact) mass is 602 g/mol. The summed E-state index contributed by atoms with van der Waals surface area (Å²) in [7, 11) is 0. The average molecular weight is 602 g/mol. The number of pyridine rings is 1. The van der Waals surface area contributed by atoms with Crippen LogP contribution in [0.4, 0.5) is 20.6 Å². The summed E-state index contributed by atoms with van der Waals surface area (Å²) in [6.07, 6.45) is 1.30. The van der Waals surface area contributed by atoms with E-state index in [-0.39, 0.29) is 76.1 Å². The third-order valence-corrected chi connectivity index (χ3v) is 3.98. The van der Waals surface area contributed by atoms with E-state index in [1.165, 1.54) is 23.1 Å². The molecule has 1 aliphatic rings. The largest absolute Gasteiger partial charge is 0.674 e. The van der Waals surface area contributed by atoms with Gasteiger partial charge in [-0.3, -0.25) is 9.88 Å². The molecule has 2 aromatic rings. The van der Waals surface area contributed by atoms with Crippen LogP contribution in [0.25, 0.3) is 5.73 Å². The number of rotatable bonds is 8. The number of carbonyl (C=O) groups excluding carboxylic acids is 1. The Balaban J connectivity index is 0.00000280. The minimum absolute atomic E-state index is 0. The van der Waals surface area contributed by atoms with Crippen molar-refractivity contribution in [1.29, 1.82) is 0 Å². The number of hydrogen-bond acceptors (Lipinski definition) is 6. The summed E-state index contributed by atoms with van der Waals surface area (Å²) in [4.78, 5) is 16.9. The molecule has 1 radical (unpaired) electrons. The summed E-state index contributed by atoms with van der Waals surface area (Å²) in [6, 6.07) is 7.63. The number of hydrogen-bond donors (Lipinski definition) is 2. The van der Waals surface area contributed by atoms with Crippen LogP contribution >= 0.6 is 0 Å². The number of benzene rings is 1. The van der Waals surface area contributed by atoms with Crippen LogP contribution in [-0.2, 0) is 4.74 Å². The number of ether oxygens (including phenoxy) is 2. The average Bonchev–Trinajstić information content (AvgIpc) is 3.07. The van der Waals surface area contributed by atoms with Crippen LogP contribution < -0.4 is 15.0 Å². The molecule has 0 bridgehead atoms. The van der Waals surface area contributed by atoms with E-state index in [4.69, 9.17) is 15.2 Å². The number of nitrogens with zero attached hydrogens (tertiary/aromatic N) is 2. The molecular formula is C18H20AcFN4O4-. The number of anilines is 2. The van der Waals surface area contributed by atoms with Crippen LogP contribution in [0.15, 0.2) is 42.7 Å². The normalized spacial score (nSPS) is 16.9. The zero-order valence-electron chi connectivity index (χ0n) is 15.0. The Kier molecular flexibility index (Phi) is 8.89. The molecule has 1 aromatic carbocycles. The summed E-state index contributed by atoms with van der Waals surface area (Å²) in [5, 5.41) is 13.0. The van der Waals surface area contributed by atoms with E-state index in [0.717, 1.165) is 5.69 Å². The molecule has 1 fully saturated rings. The Labute approximate surface area is 197 Å². The standard InChI is InChI=1S/C18H20FN4O4.Ac/c19-16-7-13(23-10-15(8-20)27-18(23)25)1-2-17(16)26-11-14(24)9-22-12-3-5-21-6-4-12;/h1-7,14-15,20,24H,8-11H2,(H,21,22);/q-1;/t14?,15-;/m0./s1. The van der Waals surface area contributed by atoms with Crippen molar-refractivity contribution in [3.8, 4) is 5.75 Å². The molecule has 3 N–H and O–H groups in total. The number of nitrogens with one attached hydrogen (secondary N) is 2. The Bertz CT molecular complexity index is 783. The van der Waals surface area contributed by atoms with Crippen LogP contribution in [0.1, 0.15) is 0 Å². The van der Waals surface area contributed by atoms with Crippen molar-refractivity contribution in [2.24, 2.45) is 0 Å². The minimum atomic E-state index is -0.844. The third kappa shape index (κ3) is 6.01. The van der Waals surface area contributed by atoms with Crippen LogP contribution in [0.2, 0.25) is 0 Å². The van der Waals surface area contributed by atoms with Crippen LogP contribution in [0.5, 0.6) is 5.75 Å². The Morgan fingerprint density at radius 3 is 2.79 bits per heavy atom. The first-order valence-electron chi connectivity index (χ1n) is 8.44. The molecule has 0 saturated carbocycles. The molecule has 28 heavy (non-hydrogen) atoms. The van der Waals surface area contributed by atoms with Gasteiger partial charge in [-0.25, -0.2) is 9.18 Å². The van der Waals surface area contributed by atoms with Gasteiger partial charge in [0, 0.05) is 74.8 Å².